The lowest BCUT2D eigenvalue weighted by Gasteiger charge is -2.24. The first-order valence-electron chi connectivity index (χ1n) is 8.94. The van der Waals surface area contributed by atoms with Gasteiger partial charge in [-0.25, -0.2) is 0 Å². The molecule has 0 saturated carbocycles. The van der Waals surface area contributed by atoms with Crippen molar-refractivity contribution in [2.45, 2.75) is 12.8 Å². The third-order valence-corrected chi connectivity index (χ3v) is 5.46. The van der Waals surface area contributed by atoms with Crippen LogP contribution in [0.25, 0.3) is 0 Å². The molecule has 27 heavy (non-hydrogen) atoms. The molecule has 3 aromatic carbocycles. The van der Waals surface area contributed by atoms with E-state index in [1.165, 1.54) is 27.9 Å². The largest absolute Gasteiger partial charge is 0.493 e. The van der Waals surface area contributed by atoms with Crippen molar-refractivity contribution in [2.75, 3.05) is 26.2 Å². The standard InChI is InChI=1S/C23H22ClNO2/c1-25-20-7-5-4-6-15(20)10-17-12-22(26-2)23(27-3)13-18(17)11-16-8-9-19(24)14-21(16)25/h4-9,12-14H,10-11H2,1-3H3. The molecule has 0 radical (unpaired) electrons. The van der Waals surface area contributed by atoms with Crippen LogP contribution in [0.15, 0.2) is 54.6 Å². The van der Waals surface area contributed by atoms with Crippen LogP contribution in [0.1, 0.15) is 22.3 Å². The second kappa shape index (κ2) is 7.16. The molecule has 0 aromatic heterocycles. The maximum atomic E-state index is 6.33. The molecule has 0 spiro atoms. The Labute approximate surface area is 165 Å². The molecule has 3 aromatic rings. The van der Waals surface area contributed by atoms with Gasteiger partial charge in [0.1, 0.15) is 0 Å². The van der Waals surface area contributed by atoms with Crippen LogP contribution < -0.4 is 14.4 Å². The number of hydrogen-bond acceptors (Lipinski definition) is 3. The molecule has 4 rings (SSSR count). The minimum Gasteiger partial charge on any atom is -0.493 e. The molecule has 0 N–H and O–H groups in total. The summed E-state index contributed by atoms with van der Waals surface area (Å²) in [5.41, 5.74) is 7.28. The number of benzene rings is 3. The van der Waals surface area contributed by atoms with Gasteiger partial charge in [-0.3, -0.25) is 0 Å². The van der Waals surface area contributed by atoms with Crippen LogP contribution in [0, 0.1) is 0 Å². The molecule has 0 amide bonds. The fraction of sp³-hybridized carbons (Fsp3) is 0.217. The maximum absolute atomic E-state index is 6.33. The first-order valence-corrected chi connectivity index (χ1v) is 9.32. The highest BCUT2D eigenvalue weighted by Crippen LogP contribution is 2.39. The van der Waals surface area contributed by atoms with Crippen LogP contribution >= 0.6 is 11.6 Å². The van der Waals surface area contributed by atoms with Crippen LogP contribution in [-0.2, 0) is 12.8 Å². The smallest absolute Gasteiger partial charge is 0.161 e. The first kappa shape index (κ1) is 17.7. The number of anilines is 2. The zero-order chi connectivity index (χ0) is 19.0. The fourth-order valence-electron chi connectivity index (χ4n) is 3.82. The van der Waals surface area contributed by atoms with E-state index in [0.29, 0.717) is 0 Å². The highest BCUT2D eigenvalue weighted by molar-refractivity contribution is 6.30. The predicted molar refractivity (Wildman–Crippen MR) is 111 cm³/mol. The van der Waals surface area contributed by atoms with Gasteiger partial charge >= 0.3 is 0 Å². The van der Waals surface area contributed by atoms with E-state index in [4.69, 9.17) is 21.1 Å². The summed E-state index contributed by atoms with van der Waals surface area (Å²) in [7, 11) is 5.46. The van der Waals surface area contributed by atoms with E-state index < -0.39 is 0 Å². The lowest BCUT2D eigenvalue weighted by Crippen LogP contribution is -2.13. The number of para-hydroxylation sites is 1. The number of ether oxygens (including phenoxy) is 2. The van der Waals surface area contributed by atoms with Crippen molar-refractivity contribution in [1.29, 1.82) is 0 Å². The number of fused-ring (bicyclic) bond motifs is 3. The van der Waals surface area contributed by atoms with Crippen LogP contribution in [0.5, 0.6) is 11.5 Å². The number of nitrogens with zero attached hydrogens (tertiary/aromatic N) is 1. The van der Waals surface area contributed by atoms with Gasteiger partial charge in [0.25, 0.3) is 0 Å². The summed E-state index contributed by atoms with van der Waals surface area (Å²) in [5.74, 6) is 1.52. The second-order valence-corrected chi connectivity index (χ2v) is 7.23. The van der Waals surface area contributed by atoms with Crippen molar-refractivity contribution in [3.05, 3.63) is 81.9 Å². The third kappa shape index (κ3) is 3.24. The SMILES string of the molecule is COc1cc2c(cc1OC)Cc1ccc(Cl)cc1N(C)c1ccccc1C2. The Hall–Kier alpha value is -2.65. The van der Waals surface area contributed by atoms with Crippen LogP contribution in [0.4, 0.5) is 11.4 Å². The van der Waals surface area contributed by atoms with Crippen molar-refractivity contribution >= 4 is 23.0 Å². The van der Waals surface area contributed by atoms with Gasteiger partial charge in [0.05, 0.1) is 14.2 Å². The topological polar surface area (TPSA) is 21.7 Å². The summed E-state index contributed by atoms with van der Waals surface area (Å²) in [6.45, 7) is 0. The lowest BCUT2D eigenvalue weighted by molar-refractivity contribution is 0.354. The van der Waals surface area contributed by atoms with Gasteiger partial charge in [0, 0.05) is 23.4 Å². The summed E-state index contributed by atoms with van der Waals surface area (Å²) in [4.78, 5) is 2.23. The highest BCUT2D eigenvalue weighted by Gasteiger charge is 2.20. The molecule has 1 heterocycles. The molecule has 0 saturated heterocycles. The Morgan fingerprint density at radius 2 is 1.33 bits per heavy atom. The number of halogens is 1. The molecule has 0 unspecified atom stereocenters. The van der Waals surface area contributed by atoms with Crippen LogP contribution in [-0.4, -0.2) is 21.3 Å². The van der Waals surface area contributed by atoms with Crippen molar-refractivity contribution < 1.29 is 9.47 Å². The van der Waals surface area contributed by atoms with E-state index in [0.717, 1.165) is 35.1 Å². The molecule has 0 atom stereocenters. The van der Waals surface area contributed by atoms with E-state index >= 15 is 0 Å². The summed E-state index contributed by atoms with van der Waals surface area (Å²) in [5, 5.41) is 0.741. The van der Waals surface area contributed by atoms with E-state index in [9.17, 15) is 0 Å². The molecule has 1 aliphatic heterocycles. The van der Waals surface area contributed by atoms with Gasteiger partial charge in [-0.05, 0) is 65.4 Å². The van der Waals surface area contributed by atoms with Gasteiger partial charge in [-0.15, -0.1) is 0 Å². The highest BCUT2D eigenvalue weighted by atomic mass is 35.5. The van der Waals surface area contributed by atoms with Gasteiger partial charge in [0.2, 0.25) is 0 Å². The minimum atomic E-state index is 0.741. The van der Waals surface area contributed by atoms with Crippen molar-refractivity contribution in [2.24, 2.45) is 0 Å². The molecule has 4 heteroatoms. The molecular weight excluding hydrogens is 358 g/mol. The molecule has 0 aliphatic carbocycles. The number of methoxy groups -OCH3 is 2. The van der Waals surface area contributed by atoms with E-state index in [2.05, 4.69) is 54.4 Å². The molecule has 138 valence electrons. The number of hydrogen-bond donors (Lipinski definition) is 0. The summed E-state index contributed by atoms with van der Waals surface area (Å²) < 4.78 is 11.1. The zero-order valence-electron chi connectivity index (χ0n) is 15.8. The van der Waals surface area contributed by atoms with Crippen molar-refractivity contribution in [3.8, 4) is 11.5 Å². The van der Waals surface area contributed by atoms with Gasteiger partial charge in [-0.2, -0.15) is 0 Å². The lowest BCUT2D eigenvalue weighted by atomic mass is 9.94. The summed E-state index contributed by atoms with van der Waals surface area (Å²) >= 11 is 6.33. The van der Waals surface area contributed by atoms with Gasteiger partial charge < -0.3 is 14.4 Å². The Morgan fingerprint density at radius 3 is 1.96 bits per heavy atom. The van der Waals surface area contributed by atoms with Gasteiger partial charge in [-0.1, -0.05) is 35.9 Å². The summed E-state index contributed by atoms with van der Waals surface area (Å²) in [6.07, 6.45) is 1.64. The molecule has 0 fully saturated rings. The van der Waals surface area contributed by atoms with Crippen molar-refractivity contribution in [3.63, 3.8) is 0 Å². The molecule has 3 nitrogen and oxygen atoms in total. The normalized spacial score (nSPS) is 12.8. The zero-order valence-corrected chi connectivity index (χ0v) is 16.5. The van der Waals surface area contributed by atoms with E-state index in [1.807, 2.05) is 12.1 Å². The maximum Gasteiger partial charge on any atom is 0.161 e. The Kier molecular flexibility index (Phi) is 4.71. The quantitative estimate of drug-likeness (QED) is 0.576. The van der Waals surface area contributed by atoms with Crippen molar-refractivity contribution in [1.82, 2.24) is 0 Å². The van der Waals surface area contributed by atoms with Gasteiger partial charge in [0.15, 0.2) is 11.5 Å². The number of rotatable bonds is 2. The Bertz CT molecular complexity index is 1000. The Morgan fingerprint density at radius 1 is 0.741 bits per heavy atom. The predicted octanol–water partition coefficient (Wildman–Crippen LogP) is 5.62. The third-order valence-electron chi connectivity index (χ3n) is 5.23. The average Bonchev–Trinajstić information content (AvgIpc) is 2.73. The average molecular weight is 380 g/mol. The molecule has 1 aliphatic rings. The summed E-state index contributed by atoms with van der Waals surface area (Å²) in [6, 6.07) is 18.8. The molecular formula is C23H22ClNO2. The van der Waals surface area contributed by atoms with Crippen LogP contribution in [0.2, 0.25) is 5.02 Å². The molecule has 0 bridgehead atoms. The second-order valence-electron chi connectivity index (χ2n) is 6.79. The minimum absolute atomic E-state index is 0.741. The van der Waals surface area contributed by atoms with Crippen LogP contribution in [0.3, 0.4) is 0 Å². The Balaban J connectivity index is 1.98. The van der Waals surface area contributed by atoms with E-state index in [1.54, 1.807) is 14.2 Å². The van der Waals surface area contributed by atoms with E-state index in [-0.39, 0.29) is 0 Å². The fourth-order valence-corrected chi connectivity index (χ4v) is 3.99. The first-order chi connectivity index (χ1) is 13.1. The monoisotopic (exact) mass is 379 g/mol.